The van der Waals surface area contributed by atoms with Crippen LogP contribution in [0.4, 0.5) is 0 Å². The zero-order chi connectivity index (χ0) is 58.1. The topological polar surface area (TPSA) is 304 Å². The highest BCUT2D eigenvalue weighted by molar-refractivity contribution is 5.95. The molecule has 18 heteroatoms. The Balaban J connectivity index is 0.000000138. The third-order valence-electron chi connectivity index (χ3n) is 11.5. The number of benzene rings is 6. The number of aromatic amines is 2. The summed E-state index contributed by atoms with van der Waals surface area (Å²) in [6.07, 6.45) is 7.51. The van der Waals surface area contributed by atoms with E-state index >= 15 is 0 Å². The van der Waals surface area contributed by atoms with Crippen molar-refractivity contribution < 1.29 is 67.2 Å². The van der Waals surface area contributed by atoms with E-state index in [4.69, 9.17) is 10.2 Å². The van der Waals surface area contributed by atoms with Gasteiger partial charge in [0.1, 0.15) is 11.9 Å². The van der Waals surface area contributed by atoms with Gasteiger partial charge in [0.15, 0.2) is 36.3 Å². The Hall–Kier alpha value is -12.3. The molecule has 0 atom stereocenters. The van der Waals surface area contributed by atoms with E-state index in [0.29, 0.717) is 43.1 Å². The summed E-state index contributed by atoms with van der Waals surface area (Å²) in [5.41, 5.74) is 1.35. The summed E-state index contributed by atoms with van der Waals surface area (Å²) in [4.78, 5) is 93.1. The largest absolute Gasteiger partial charge is 0.542 e. The van der Waals surface area contributed by atoms with Crippen LogP contribution in [0.25, 0.3) is 53.9 Å². The number of fused-ring (bicyclic) bond motifs is 5. The summed E-state index contributed by atoms with van der Waals surface area (Å²) < 4.78 is 18.3. The SMILES string of the molecule is C(#Cc1cccc2cccc(C#Cc3cc[nH+]cc3)c12)c1cc[nH+]cc1.O=C(O)c1cc2ccccc2c(=O)o1.O=C(O)c1cc2ccccc2c(=O)o1.O=C([O-])c1cc2ccccc2c(=O)o1.O=C([O-])c1cc2ccccc2c(=O)o1. The normalized spacial score (nSPS) is 10.1. The number of carbonyl (C=O) groups excluding carboxylic acids is 2. The molecule has 6 aromatic heterocycles. The van der Waals surface area contributed by atoms with Crippen LogP contribution in [0.3, 0.4) is 0 Å². The highest BCUT2D eigenvalue weighted by atomic mass is 16.4. The van der Waals surface area contributed by atoms with Crippen molar-refractivity contribution in [3.05, 3.63) is 294 Å². The molecule has 6 aromatic carbocycles. The van der Waals surface area contributed by atoms with Crippen LogP contribution >= 0.6 is 0 Å². The fourth-order valence-corrected chi connectivity index (χ4v) is 7.72. The van der Waals surface area contributed by atoms with E-state index < -0.39 is 57.9 Å². The fourth-order valence-electron chi connectivity index (χ4n) is 7.72. The number of rotatable bonds is 4. The molecule has 18 nitrogen and oxygen atoms in total. The van der Waals surface area contributed by atoms with E-state index in [1.54, 1.807) is 97.1 Å². The van der Waals surface area contributed by atoms with Crippen LogP contribution < -0.4 is 42.7 Å². The average molecular weight is 1090 g/mol. The molecule has 0 bridgehead atoms. The third-order valence-corrected chi connectivity index (χ3v) is 11.5. The van der Waals surface area contributed by atoms with Crippen LogP contribution in [0.5, 0.6) is 0 Å². The molecular formula is C64H38N2O16. The third kappa shape index (κ3) is 14.2. The Bertz CT molecular complexity index is 4270. The van der Waals surface area contributed by atoms with Gasteiger partial charge in [0.2, 0.25) is 11.5 Å². The second kappa shape index (κ2) is 26.2. The number of pyridine rings is 2. The number of aromatic nitrogens is 2. The first-order chi connectivity index (χ1) is 39.6. The van der Waals surface area contributed by atoms with Gasteiger partial charge in [0.25, 0.3) is 0 Å². The number of carboxylic acid groups (broad SMARTS) is 4. The molecule has 12 aromatic rings. The molecule has 0 aliphatic rings. The summed E-state index contributed by atoms with van der Waals surface area (Å²) in [7, 11) is 0. The summed E-state index contributed by atoms with van der Waals surface area (Å²) in [6.45, 7) is 0. The van der Waals surface area contributed by atoms with Crippen LogP contribution in [-0.4, -0.2) is 34.1 Å². The number of H-pyrrole nitrogens is 2. The first-order valence-electron chi connectivity index (χ1n) is 24.1. The van der Waals surface area contributed by atoms with Gasteiger partial charge in [0, 0.05) is 51.9 Å². The lowest BCUT2D eigenvalue weighted by Crippen LogP contribution is -2.23. The van der Waals surface area contributed by atoms with E-state index in [-0.39, 0.29) is 11.5 Å². The standard InChI is InChI=1S/C24H14N2.4C10H6O4/c1-3-21-4-2-6-23(10-8-20-13-17-26-18-14-20)24(21)22(5-1)9-7-19-11-15-25-16-12-19;4*11-9(12)8-5-6-3-1-2-4-7(6)10(13)14-8/h1-6,11-18H;4*1-5H,(H,11,12). The number of hydrogen-bond donors (Lipinski definition) is 2. The Morgan fingerprint density at radius 3 is 0.939 bits per heavy atom. The number of carboxylic acids is 4. The first-order valence-corrected chi connectivity index (χ1v) is 24.1. The number of carbonyl (C=O) groups is 4. The Morgan fingerprint density at radius 1 is 0.354 bits per heavy atom. The van der Waals surface area contributed by atoms with E-state index in [0.717, 1.165) is 33.0 Å². The average Bonchev–Trinajstić information content (AvgIpc) is 3.64. The maximum atomic E-state index is 11.3. The van der Waals surface area contributed by atoms with Crippen LogP contribution in [0, 0.1) is 23.7 Å². The lowest BCUT2D eigenvalue weighted by molar-refractivity contribution is -0.378. The zero-order valence-electron chi connectivity index (χ0n) is 42.2. The van der Waals surface area contributed by atoms with Crippen molar-refractivity contribution >= 4 is 77.7 Å². The highest BCUT2D eigenvalue weighted by Crippen LogP contribution is 2.23. The Morgan fingerprint density at radius 2 is 0.634 bits per heavy atom. The fraction of sp³-hybridized carbons (Fsp3) is 0. The van der Waals surface area contributed by atoms with E-state index in [9.17, 15) is 48.6 Å². The quantitative estimate of drug-likeness (QED) is 0.176. The minimum Gasteiger partial charge on any atom is -0.542 e. The summed E-state index contributed by atoms with van der Waals surface area (Å²) in [5, 5.41) is 44.1. The van der Waals surface area contributed by atoms with Gasteiger partial charge in [-0.3, -0.25) is 0 Å². The van der Waals surface area contributed by atoms with Crippen LogP contribution in [0.2, 0.25) is 0 Å². The molecule has 12 rings (SSSR count). The van der Waals surface area contributed by atoms with Crippen molar-refractivity contribution in [3.63, 3.8) is 0 Å². The summed E-state index contributed by atoms with van der Waals surface area (Å²) >= 11 is 0. The van der Waals surface area contributed by atoms with Gasteiger partial charge >= 0.3 is 34.4 Å². The van der Waals surface area contributed by atoms with Gasteiger partial charge in [-0.1, -0.05) is 121 Å². The van der Waals surface area contributed by atoms with Gasteiger partial charge in [-0.15, -0.1) is 0 Å². The van der Waals surface area contributed by atoms with Crippen molar-refractivity contribution in [1.29, 1.82) is 0 Å². The van der Waals surface area contributed by atoms with Gasteiger partial charge in [0.05, 0.1) is 21.5 Å². The summed E-state index contributed by atoms with van der Waals surface area (Å²) in [5.74, 6) is 6.03. The molecule has 0 unspecified atom stereocenters. The lowest BCUT2D eigenvalue weighted by Gasteiger charge is -2.03. The Kier molecular flexibility index (Phi) is 17.9. The van der Waals surface area contributed by atoms with Gasteiger partial charge in [-0.05, 0) is 87.6 Å². The Labute approximate surface area is 460 Å². The molecule has 0 saturated heterocycles. The molecule has 0 aliphatic heterocycles. The van der Waals surface area contributed by atoms with E-state index in [1.165, 1.54) is 24.3 Å². The van der Waals surface area contributed by atoms with Crippen molar-refractivity contribution in [1.82, 2.24) is 0 Å². The summed E-state index contributed by atoms with van der Waals surface area (Å²) in [6, 6.07) is 52.0. The zero-order valence-corrected chi connectivity index (χ0v) is 42.2. The lowest BCUT2D eigenvalue weighted by atomic mass is 9.99. The predicted molar refractivity (Wildman–Crippen MR) is 294 cm³/mol. The molecule has 6 heterocycles. The molecule has 0 radical (unpaired) electrons. The van der Waals surface area contributed by atoms with E-state index in [1.807, 2.05) is 73.3 Å². The molecule has 0 saturated carbocycles. The number of hydrogen-bond acceptors (Lipinski definition) is 14. The maximum absolute atomic E-state index is 11.3. The van der Waals surface area contributed by atoms with Crippen molar-refractivity contribution in [3.8, 4) is 23.7 Å². The smallest absolute Gasteiger partial charge is 0.371 e. The predicted octanol–water partition coefficient (Wildman–Crippen LogP) is 6.56. The van der Waals surface area contributed by atoms with Gasteiger partial charge in [-0.2, -0.15) is 0 Å². The second-order valence-corrected chi connectivity index (χ2v) is 16.9. The minimum atomic E-state index is -1.49. The number of nitrogens with one attached hydrogen (secondary N) is 2. The van der Waals surface area contributed by atoms with Crippen LogP contribution in [0.1, 0.15) is 64.5 Å². The van der Waals surface area contributed by atoms with Crippen LogP contribution in [0.15, 0.2) is 244 Å². The van der Waals surface area contributed by atoms with Crippen molar-refractivity contribution in [2.75, 3.05) is 0 Å². The molecule has 400 valence electrons. The monoisotopic (exact) mass is 1090 g/mol. The molecule has 0 spiro atoms. The molecular weight excluding hydrogens is 1050 g/mol. The van der Waals surface area contributed by atoms with Crippen molar-refractivity contribution in [2.24, 2.45) is 0 Å². The number of aromatic carboxylic acids is 4. The molecule has 0 fully saturated rings. The maximum Gasteiger partial charge on any atom is 0.371 e. The van der Waals surface area contributed by atoms with Gasteiger partial charge < -0.3 is 47.7 Å². The molecule has 0 aliphatic carbocycles. The van der Waals surface area contributed by atoms with Crippen molar-refractivity contribution in [2.45, 2.75) is 0 Å². The second-order valence-electron chi connectivity index (χ2n) is 16.9. The van der Waals surface area contributed by atoms with E-state index in [2.05, 4.69) is 63.5 Å². The highest BCUT2D eigenvalue weighted by Gasteiger charge is 2.11. The molecule has 82 heavy (non-hydrogen) atoms. The minimum absolute atomic E-state index is 0.339. The first kappa shape index (κ1) is 55.9. The van der Waals surface area contributed by atoms with Crippen LogP contribution in [-0.2, 0) is 0 Å². The molecule has 0 amide bonds. The molecule has 4 N–H and O–H groups in total. The van der Waals surface area contributed by atoms with Gasteiger partial charge in [-0.25, -0.2) is 38.7 Å².